The van der Waals surface area contributed by atoms with Crippen LogP contribution in [0.3, 0.4) is 0 Å². The van der Waals surface area contributed by atoms with Gasteiger partial charge in [-0.15, -0.1) is 0 Å². The van der Waals surface area contributed by atoms with E-state index in [-0.39, 0.29) is 33.8 Å². The summed E-state index contributed by atoms with van der Waals surface area (Å²) < 4.78 is 10.6. The Hall–Kier alpha value is -2.73. The minimum absolute atomic E-state index is 0.0404. The van der Waals surface area contributed by atoms with Crippen molar-refractivity contribution in [3.63, 3.8) is 0 Å². The van der Waals surface area contributed by atoms with Crippen LogP contribution in [0.1, 0.15) is 11.1 Å². The van der Waals surface area contributed by atoms with Crippen LogP contribution >= 0.6 is 34.8 Å². The standard InChI is InChI=1S/C23H18Cl3NO4/c24-17-12-19(26)21(13-18(17)25)31-22(28)20(11-15-7-3-1-4-8-15)27-23(29)30-14-16-9-5-2-6-10-16/h1-10,12-13,20H,11,14H2,(H,27,29). The molecule has 0 aliphatic heterocycles. The summed E-state index contributed by atoms with van der Waals surface area (Å²) in [5, 5.41) is 3.10. The van der Waals surface area contributed by atoms with Crippen LogP contribution in [0.25, 0.3) is 0 Å². The second-order valence-corrected chi connectivity index (χ2v) is 7.79. The summed E-state index contributed by atoms with van der Waals surface area (Å²) in [6.07, 6.45) is -0.555. The summed E-state index contributed by atoms with van der Waals surface area (Å²) in [6.45, 7) is 0.0679. The third kappa shape index (κ3) is 6.89. The van der Waals surface area contributed by atoms with Gasteiger partial charge in [-0.3, -0.25) is 0 Å². The number of benzene rings is 3. The minimum atomic E-state index is -1.02. The van der Waals surface area contributed by atoms with Crippen LogP contribution < -0.4 is 10.1 Å². The van der Waals surface area contributed by atoms with Crippen LogP contribution in [0.15, 0.2) is 72.8 Å². The topological polar surface area (TPSA) is 64.6 Å². The van der Waals surface area contributed by atoms with Gasteiger partial charge in [0.05, 0.1) is 15.1 Å². The predicted molar refractivity (Wildman–Crippen MR) is 121 cm³/mol. The first-order valence-electron chi connectivity index (χ1n) is 9.30. The number of hydrogen-bond donors (Lipinski definition) is 1. The van der Waals surface area contributed by atoms with Crippen molar-refractivity contribution < 1.29 is 19.1 Å². The number of carbonyl (C=O) groups excluding carboxylic acids is 2. The fraction of sp³-hybridized carbons (Fsp3) is 0.130. The Morgan fingerprint density at radius 3 is 2.03 bits per heavy atom. The molecule has 0 saturated carbocycles. The molecule has 0 saturated heterocycles. The van der Waals surface area contributed by atoms with E-state index in [9.17, 15) is 9.59 Å². The van der Waals surface area contributed by atoms with Crippen molar-refractivity contribution in [2.45, 2.75) is 19.1 Å². The van der Waals surface area contributed by atoms with Crippen molar-refractivity contribution in [1.82, 2.24) is 5.32 Å². The molecule has 0 fully saturated rings. The highest BCUT2D eigenvalue weighted by molar-refractivity contribution is 6.43. The molecule has 0 bridgehead atoms. The number of rotatable bonds is 7. The average Bonchev–Trinajstić information content (AvgIpc) is 2.77. The minimum Gasteiger partial charge on any atom is -0.445 e. The summed E-state index contributed by atoms with van der Waals surface area (Å²) in [5.74, 6) is -0.681. The second-order valence-electron chi connectivity index (χ2n) is 6.57. The molecule has 5 nitrogen and oxygen atoms in total. The molecular formula is C23H18Cl3NO4. The molecule has 0 heterocycles. The third-order valence-electron chi connectivity index (χ3n) is 4.26. The highest BCUT2D eigenvalue weighted by atomic mass is 35.5. The number of halogens is 3. The van der Waals surface area contributed by atoms with E-state index in [0.717, 1.165) is 11.1 Å². The molecule has 0 aromatic heterocycles. The van der Waals surface area contributed by atoms with Crippen molar-refractivity contribution >= 4 is 46.9 Å². The lowest BCUT2D eigenvalue weighted by atomic mass is 10.1. The van der Waals surface area contributed by atoms with Crippen LogP contribution in [0.2, 0.25) is 15.1 Å². The van der Waals surface area contributed by atoms with Crippen LogP contribution in [-0.4, -0.2) is 18.1 Å². The van der Waals surface area contributed by atoms with Gasteiger partial charge < -0.3 is 14.8 Å². The van der Waals surface area contributed by atoms with E-state index in [1.807, 2.05) is 60.7 Å². The van der Waals surface area contributed by atoms with Crippen molar-refractivity contribution in [2.24, 2.45) is 0 Å². The van der Waals surface area contributed by atoms with Gasteiger partial charge in [-0.2, -0.15) is 0 Å². The molecule has 31 heavy (non-hydrogen) atoms. The van der Waals surface area contributed by atoms with Gasteiger partial charge in [0, 0.05) is 12.5 Å². The zero-order valence-corrected chi connectivity index (χ0v) is 18.5. The van der Waals surface area contributed by atoms with Crippen molar-refractivity contribution in [3.05, 3.63) is 99.0 Å². The molecular weight excluding hydrogens is 461 g/mol. The largest absolute Gasteiger partial charge is 0.445 e. The quantitative estimate of drug-likeness (QED) is 0.253. The summed E-state index contributed by atoms with van der Waals surface area (Å²) >= 11 is 18.0. The first-order chi connectivity index (χ1) is 14.9. The Kier molecular flexibility index (Phi) is 8.18. The number of nitrogens with one attached hydrogen (secondary N) is 1. The van der Waals surface area contributed by atoms with Gasteiger partial charge in [0.25, 0.3) is 0 Å². The van der Waals surface area contributed by atoms with Crippen molar-refractivity contribution in [2.75, 3.05) is 0 Å². The Morgan fingerprint density at radius 2 is 1.39 bits per heavy atom. The summed E-state index contributed by atoms with van der Waals surface area (Å²) in [4.78, 5) is 25.2. The van der Waals surface area contributed by atoms with Gasteiger partial charge in [0.15, 0.2) is 5.75 Å². The molecule has 0 aliphatic carbocycles. The molecule has 0 spiro atoms. The SMILES string of the molecule is O=C(NC(Cc1ccccc1)C(=O)Oc1cc(Cl)c(Cl)cc1Cl)OCc1ccccc1. The first kappa shape index (κ1) is 22.9. The third-order valence-corrected chi connectivity index (χ3v) is 5.27. The van der Waals surface area contributed by atoms with E-state index >= 15 is 0 Å². The molecule has 3 aromatic rings. The highest BCUT2D eigenvalue weighted by Gasteiger charge is 2.25. The van der Waals surface area contributed by atoms with Crippen LogP contribution in [0.4, 0.5) is 4.79 Å². The van der Waals surface area contributed by atoms with Gasteiger partial charge in [-0.05, 0) is 17.2 Å². The predicted octanol–water partition coefficient (Wildman–Crippen LogP) is 6.09. The number of amides is 1. The monoisotopic (exact) mass is 477 g/mol. The van der Waals surface area contributed by atoms with Gasteiger partial charge in [0.1, 0.15) is 12.6 Å². The fourth-order valence-electron chi connectivity index (χ4n) is 2.71. The zero-order chi connectivity index (χ0) is 22.2. The summed E-state index contributed by atoms with van der Waals surface area (Å²) in [5.41, 5.74) is 1.65. The Balaban J connectivity index is 1.71. The lowest BCUT2D eigenvalue weighted by molar-refractivity contribution is -0.136. The van der Waals surface area contributed by atoms with Crippen LogP contribution in [0, 0.1) is 0 Å². The molecule has 1 amide bonds. The maximum atomic E-state index is 12.8. The zero-order valence-electron chi connectivity index (χ0n) is 16.2. The fourth-order valence-corrected chi connectivity index (χ4v) is 3.29. The Bertz CT molecular complexity index is 1050. The molecule has 0 aliphatic rings. The van der Waals surface area contributed by atoms with Gasteiger partial charge in [0.2, 0.25) is 0 Å². The first-order valence-corrected chi connectivity index (χ1v) is 10.4. The van der Waals surface area contributed by atoms with Gasteiger partial charge in [-0.25, -0.2) is 9.59 Å². The van der Waals surface area contributed by atoms with Crippen LogP contribution in [0.5, 0.6) is 5.75 Å². The summed E-state index contributed by atoms with van der Waals surface area (Å²) in [6, 6.07) is 20.1. The lowest BCUT2D eigenvalue weighted by Crippen LogP contribution is -2.44. The van der Waals surface area contributed by atoms with Crippen molar-refractivity contribution in [3.8, 4) is 5.75 Å². The van der Waals surface area contributed by atoms with E-state index in [0.29, 0.717) is 0 Å². The highest BCUT2D eigenvalue weighted by Crippen LogP contribution is 2.34. The molecule has 3 rings (SSSR count). The lowest BCUT2D eigenvalue weighted by Gasteiger charge is -2.18. The smallest absolute Gasteiger partial charge is 0.408 e. The summed E-state index contributed by atoms with van der Waals surface area (Å²) in [7, 11) is 0. The number of esters is 1. The van der Waals surface area contributed by atoms with Gasteiger partial charge in [-0.1, -0.05) is 95.5 Å². The molecule has 1 unspecified atom stereocenters. The Morgan fingerprint density at radius 1 is 0.806 bits per heavy atom. The number of carbonyl (C=O) groups is 2. The van der Waals surface area contributed by atoms with Crippen molar-refractivity contribution in [1.29, 1.82) is 0 Å². The van der Waals surface area contributed by atoms with E-state index in [2.05, 4.69) is 5.32 Å². The molecule has 1 N–H and O–H groups in total. The average molecular weight is 479 g/mol. The molecule has 1 atom stereocenters. The van der Waals surface area contributed by atoms with E-state index in [4.69, 9.17) is 44.3 Å². The van der Waals surface area contributed by atoms with Crippen LogP contribution in [-0.2, 0) is 22.6 Å². The second kappa shape index (κ2) is 11.0. The van der Waals surface area contributed by atoms with Gasteiger partial charge >= 0.3 is 12.1 Å². The molecule has 160 valence electrons. The number of alkyl carbamates (subject to hydrolysis) is 1. The molecule has 8 heteroatoms. The maximum absolute atomic E-state index is 12.8. The normalized spacial score (nSPS) is 11.5. The number of hydrogen-bond acceptors (Lipinski definition) is 4. The maximum Gasteiger partial charge on any atom is 0.408 e. The Labute approximate surface area is 194 Å². The molecule has 0 radical (unpaired) electrons. The molecule has 3 aromatic carbocycles. The number of ether oxygens (including phenoxy) is 2. The van der Waals surface area contributed by atoms with E-state index in [1.54, 1.807) is 0 Å². The van der Waals surface area contributed by atoms with E-state index in [1.165, 1.54) is 12.1 Å². The van der Waals surface area contributed by atoms with E-state index < -0.39 is 18.1 Å².